The van der Waals surface area contributed by atoms with Gasteiger partial charge in [-0.3, -0.25) is 0 Å². The number of aromatic nitrogens is 1. The van der Waals surface area contributed by atoms with Crippen molar-refractivity contribution < 1.29 is 9.90 Å². The number of nitrogens with zero attached hydrogens (tertiary/aromatic N) is 2. The first-order valence-corrected chi connectivity index (χ1v) is 7.99. The van der Waals surface area contributed by atoms with E-state index in [0.717, 1.165) is 50.3 Å². The summed E-state index contributed by atoms with van der Waals surface area (Å²) in [5.41, 5.74) is 1.14. The number of carbonyl (C=O) groups is 1. The lowest BCUT2D eigenvalue weighted by Crippen LogP contribution is -2.45. The van der Waals surface area contributed by atoms with Crippen molar-refractivity contribution in [1.29, 1.82) is 0 Å². The molecule has 1 aromatic rings. The molecule has 0 unspecified atom stereocenters. The quantitative estimate of drug-likeness (QED) is 0.698. The number of hydrogen-bond donors (Lipinski definition) is 3. The Kier molecular flexibility index (Phi) is 6.45. The van der Waals surface area contributed by atoms with Crippen LogP contribution in [0.3, 0.4) is 0 Å². The fourth-order valence-corrected chi connectivity index (χ4v) is 2.50. The molecule has 122 valence electrons. The van der Waals surface area contributed by atoms with E-state index >= 15 is 0 Å². The Balaban J connectivity index is 1.56. The number of urea groups is 1. The fraction of sp³-hybridized carbons (Fsp3) is 0.625. The number of nitrogens with one attached hydrogen (secondary N) is 2. The van der Waals surface area contributed by atoms with Gasteiger partial charge in [-0.15, -0.1) is 0 Å². The van der Waals surface area contributed by atoms with Gasteiger partial charge in [-0.2, -0.15) is 0 Å². The molecule has 1 aliphatic rings. The van der Waals surface area contributed by atoms with Crippen molar-refractivity contribution in [3.05, 3.63) is 23.9 Å². The molecule has 0 radical (unpaired) electrons. The molecule has 1 saturated heterocycles. The second kappa shape index (κ2) is 8.58. The molecular formula is C16H26N4O2. The molecule has 0 saturated carbocycles. The molecule has 0 spiro atoms. The summed E-state index contributed by atoms with van der Waals surface area (Å²) in [6.07, 6.45) is 4.48. The first-order chi connectivity index (χ1) is 10.7. The number of piperidine rings is 1. The van der Waals surface area contributed by atoms with Crippen LogP contribution in [0.1, 0.15) is 24.8 Å². The summed E-state index contributed by atoms with van der Waals surface area (Å²) in [5, 5.41) is 15.3. The number of likely N-dealkylation sites (tertiary alicyclic amines) is 1. The summed E-state index contributed by atoms with van der Waals surface area (Å²) < 4.78 is 0. The fourth-order valence-electron chi connectivity index (χ4n) is 2.50. The Morgan fingerprint density at radius 3 is 2.77 bits per heavy atom. The molecule has 22 heavy (non-hydrogen) atoms. The predicted octanol–water partition coefficient (Wildman–Crippen LogP) is 1.61. The van der Waals surface area contributed by atoms with Crippen LogP contribution in [0.2, 0.25) is 0 Å². The molecule has 1 aromatic heterocycles. The van der Waals surface area contributed by atoms with Crippen molar-refractivity contribution in [2.45, 2.75) is 26.2 Å². The summed E-state index contributed by atoms with van der Waals surface area (Å²) in [6, 6.07) is 3.98. The zero-order chi connectivity index (χ0) is 15.8. The molecule has 6 nitrogen and oxygen atoms in total. The predicted molar refractivity (Wildman–Crippen MR) is 86.9 cm³/mol. The van der Waals surface area contributed by atoms with E-state index in [2.05, 4.69) is 15.6 Å². The summed E-state index contributed by atoms with van der Waals surface area (Å²) in [4.78, 5) is 18.1. The van der Waals surface area contributed by atoms with Gasteiger partial charge < -0.3 is 20.6 Å². The van der Waals surface area contributed by atoms with Crippen molar-refractivity contribution in [3.8, 4) is 0 Å². The summed E-state index contributed by atoms with van der Waals surface area (Å²) in [6.45, 7) is 5.15. The minimum Gasteiger partial charge on any atom is -0.396 e. The molecule has 3 N–H and O–H groups in total. The Hall–Kier alpha value is -1.82. The van der Waals surface area contributed by atoms with Gasteiger partial charge in [0.05, 0.1) is 0 Å². The highest BCUT2D eigenvalue weighted by Gasteiger charge is 2.21. The monoisotopic (exact) mass is 306 g/mol. The first kappa shape index (κ1) is 16.5. The maximum absolute atomic E-state index is 12.0. The van der Waals surface area contributed by atoms with Gasteiger partial charge >= 0.3 is 6.03 Å². The molecule has 1 aliphatic heterocycles. The number of anilines is 1. The molecule has 1 fully saturated rings. The first-order valence-electron chi connectivity index (χ1n) is 7.99. The average molecular weight is 306 g/mol. The molecule has 0 aromatic carbocycles. The van der Waals surface area contributed by atoms with Crippen LogP contribution in [0.5, 0.6) is 0 Å². The lowest BCUT2D eigenvalue weighted by atomic mass is 9.98. The van der Waals surface area contributed by atoms with Crippen molar-refractivity contribution in [1.82, 2.24) is 15.2 Å². The van der Waals surface area contributed by atoms with Gasteiger partial charge in [0.1, 0.15) is 5.82 Å². The van der Waals surface area contributed by atoms with Gasteiger partial charge in [-0.05, 0) is 43.7 Å². The zero-order valence-electron chi connectivity index (χ0n) is 13.2. The van der Waals surface area contributed by atoms with Crippen LogP contribution >= 0.6 is 0 Å². The number of hydrogen-bond acceptors (Lipinski definition) is 4. The van der Waals surface area contributed by atoms with Gasteiger partial charge in [0.15, 0.2) is 0 Å². The molecule has 2 amide bonds. The van der Waals surface area contributed by atoms with E-state index in [1.54, 1.807) is 0 Å². The molecule has 6 heteroatoms. The largest absolute Gasteiger partial charge is 0.396 e. The third-order valence-electron chi connectivity index (χ3n) is 4.01. The smallest absolute Gasteiger partial charge is 0.317 e. The van der Waals surface area contributed by atoms with Crippen molar-refractivity contribution in [2.75, 3.05) is 38.1 Å². The number of aryl methyl sites for hydroxylation is 1. The van der Waals surface area contributed by atoms with Crippen LogP contribution in [0, 0.1) is 12.8 Å². The SMILES string of the molecule is Cc1ccc(NCCCNC(=O)N2CCC(CO)CC2)nc1. The number of rotatable bonds is 6. The molecular weight excluding hydrogens is 280 g/mol. The summed E-state index contributed by atoms with van der Waals surface area (Å²) >= 11 is 0. The number of amides is 2. The van der Waals surface area contributed by atoms with Gasteiger partial charge in [0.2, 0.25) is 0 Å². The molecule has 2 rings (SSSR count). The van der Waals surface area contributed by atoms with Gasteiger partial charge in [0, 0.05) is 39.0 Å². The second-order valence-corrected chi connectivity index (χ2v) is 5.85. The molecule has 0 bridgehead atoms. The Bertz CT molecular complexity index is 456. The van der Waals surface area contributed by atoms with Crippen molar-refractivity contribution >= 4 is 11.8 Å². The van der Waals surface area contributed by atoms with Crippen molar-refractivity contribution in [2.24, 2.45) is 5.92 Å². The van der Waals surface area contributed by atoms with Crippen LogP contribution in [0.25, 0.3) is 0 Å². The third kappa shape index (κ3) is 5.18. The van der Waals surface area contributed by atoms with Gasteiger partial charge in [-0.1, -0.05) is 6.07 Å². The maximum atomic E-state index is 12.0. The highest BCUT2D eigenvalue weighted by Crippen LogP contribution is 2.16. The summed E-state index contributed by atoms with van der Waals surface area (Å²) in [7, 11) is 0. The third-order valence-corrected chi connectivity index (χ3v) is 4.01. The van der Waals surface area contributed by atoms with Crippen LogP contribution < -0.4 is 10.6 Å². The summed E-state index contributed by atoms with van der Waals surface area (Å²) in [5.74, 6) is 1.22. The van der Waals surface area contributed by atoms with E-state index in [4.69, 9.17) is 5.11 Å². The normalized spacial score (nSPS) is 15.6. The van der Waals surface area contributed by atoms with Crippen LogP contribution in [-0.2, 0) is 0 Å². The number of aliphatic hydroxyl groups excluding tert-OH is 1. The standard InChI is InChI=1S/C16H26N4O2/c1-13-3-4-15(19-11-13)17-7-2-8-18-16(22)20-9-5-14(12-21)6-10-20/h3-4,11,14,21H,2,5-10,12H2,1H3,(H,17,19)(H,18,22). The Morgan fingerprint density at radius 1 is 1.36 bits per heavy atom. The highest BCUT2D eigenvalue weighted by atomic mass is 16.3. The maximum Gasteiger partial charge on any atom is 0.317 e. The number of carbonyl (C=O) groups excluding carboxylic acids is 1. The van der Waals surface area contributed by atoms with Crippen molar-refractivity contribution in [3.63, 3.8) is 0 Å². The van der Waals surface area contributed by atoms with E-state index < -0.39 is 0 Å². The lowest BCUT2D eigenvalue weighted by molar-refractivity contribution is 0.137. The van der Waals surface area contributed by atoms with Gasteiger partial charge in [-0.25, -0.2) is 9.78 Å². The second-order valence-electron chi connectivity index (χ2n) is 5.85. The minimum atomic E-state index is 0.00449. The van der Waals surface area contributed by atoms with Crippen LogP contribution in [0.4, 0.5) is 10.6 Å². The zero-order valence-corrected chi connectivity index (χ0v) is 13.2. The number of aliphatic hydroxyl groups is 1. The number of pyridine rings is 1. The molecule has 0 aliphatic carbocycles. The molecule has 0 atom stereocenters. The van der Waals surface area contributed by atoms with Gasteiger partial charge in [0.25, 0.3) is 0 Å². The van der Waals surface area contributed by atoms with E-state index in [9.17, 15) is 4.79 Å². The Labute approximate surface area is 131 Å². The highest BCUT2D eigenvalue weighted by molar-refractivity contribution is 5.74. The van der Waals surface area contributed by atoms with E-state index in [1.807, 2.05) is 30.2 Å². The topological polar surface area (TPSA) is 77.5 Å². The van der Waals surface area contributed by atoms with Crippen LogP contribution in [-0.4, -0.2) is 53.8 Å². The van der Waals surface area contributed by atoms with E-state index in [-0.39, 0.29) is 12.6 Å². The van der Waals surface area contributed by atoms with Crippen LogP contribution in [0.15, 0.2) is 18.3 Å². The lowest BCUT2D eigenvalue weighted by Gasteiger charge is -2.31. The Morgan fingerprint density at radius 2 is 2.14 bits per heavy atom. The van der Waals surface area contributed by atoms with E-state index in [1.165, 1.54) is 0 Å². The minimum absolute atomic E-state index is 0.00449. The molecule has 2 heterocycles. The average Bonchev–Trinajstić information content (AvgIpc) is 2.56. The van der Waals surface area contributed by atoms with E-state index in [0.29, 0.717) is 12.5 Å².